The summed E-state index contributed by atoms with van der Waals surface area (Å²) in [5.74, 6) is -2.05. The summed E-state index contributed by atoms with van der Waals surface area (Å²) in [6.45, 7) is 0. The number of halogens is 1. The van der Waals surface area contributed by atoms with Gasteiger partial charge in [-0.1, -0.05) is 11.6 Å². The first-order chi connectivity index (χ1) is 6.65. The normalized spacial score (nSPS) is 19.3. The molecule has 0 heterocycles. The number of rotatable bonds is 0. The monoisotopic (exact) mass is 205 g/mol. The van der Waals surface area contributed by atoms with E-state index in [0.29, 0.717) is 10.6 Å². The predicted molar refractivity (Wildman–Crippen MR) is 49.2 cm³/mol. The fourth-order valence-corrected chi connectivity index (χ4v) is 1.65. The van der Waals surface area contributed by atoms with Crippen LogP contribution < -0.4 is 0 Å². The first-order valence-electron chi connectivity index (χ1n) is 3.92. The van der Waals surface area contributed by atoms with Gasteiger partial charge in [0.15, 0.2) is 17.5 Å². The van der Waals surface area contributed by atoms with Crippen molar-refractivity contribution in [3.8, 4) is 6.07 Å². The van der Waals surface area contributed by atoms with Crippen LogP contribution in [-0.4, -0.2) is 11.6 Å². The predicted octanol–water partition coefficient (Wildman–Crippen LogP) is 1.86. The molecule has 0 bridgehead atoms. The Morgan fingerprint density at radius 3 is 2.50 bits per heavy atom. The van der Waals surface area contributed by atoms with Gasteiger partial charge in [0.05, 0.1) is 6.07 Å². The van der Waals surface area contributed by atoms with Gasteiger partial charge in [-0.2, -0.15) is 5.26 Å². The molecule has 1 aliphatic carbocycles. The number of Topliss-reactive ketones (excluding diaryl/α,β-unsaturated/α-hetero) is 2. The summed E-state index contributed by atoms with van der Waals surface area (Å²) in [5, 5.41) is 9.02. The van der Waals surface area contributed by atoms with E-state index in [1.165, 1.54) is 18.2 Å². The van der Waals surface area contributed by atoms with E-state index in [4.69, 9.17) is 16.9 Å². The van der Waals surface area contributed by atoms with E-state index in [2.05, 4.69) is 0 Å². The molecule has 1 aromatic carbocycles. The lowest BCUT2D eigenvalue weighted by molar-refractivity contribution is 0.0876. The molecule has 3 nitrogen and oxygen atoms in total. The van der Waals surface area contributed by atoms with Crippen molar-refractivity contribution in [2.75, 3.05) is 0 Å². The number of benzene rings is 1. The molecule has 68 valence electrons. The summed E-state index contributed by atoms with van der Waals surface area (Å²) >= 11 is 5.68. The maximum absolute atomic E-state index is 11.5. The standard InChI is InChI=1S/C10H4ClNO2/c11-5-1-2-6-7(3-5)10(14)8(4-12)9(6)13/h1-3,8H. The van der Waals surface area contributed by atoms with Crippen molar-refractivity contribution < 1.29 is 9.59 Å². The van der Waals surface area contributed by atoms with Crippen molar-refractivity contribution in [3.05, 3.63) is 34.3 Å². The Morgan fingerprint density at radius 2 is 1.86 bits per heavy atom. The Kier molecular flexibility index (Phi) is 1.87. The molecule has 1 aromatic rings. The molecule has 1 atom stereocenters. The molecule has 1 aliphatic rings. The molecule has 0 aliphatic heterocycles. The molecule has 4 heteroatoms. The lowest BCUT2D eigenvalue weighted by atomic mass is 10.1. The van der Waals surface area contributed by atoms with Crippen molar-refractivity contribution in [2.24, 2.45) is 5.92 Å². The van der Waals surface area contributed by atoms with Crippen LogP contribution in [-0.2, 0) is 0 Å². The number of hydrogen-bond acceptors (Lipinski definition) is 3. The number of nitrogens with zero attached hydrogens (tertiary/aromatic N) is 1. The summed E-state index contributed by atoms with van der Waals surface area (Å²) in [5.41, 5.74) is 0.556. The zero-order valence-corrected chi connectivity index (χ0v) is 7.71. The van der Waals surface area contributed by atoms with Crippen molar-refractivity contribution in [1.29, 1.82) is 5.26 Å². The van der Waals surface area contributed by atoms with E-state index >= 15 is 0 Å². The zero-order valence-electron chi connectivity index (χ0n) is 6.95. The molecular formula is C10H4ClNO2. The fraction of sp³-hybridized carbons (Fsp3) is 0.100. The van der Waals surface area contributed by atoms with Gasteiger partial charge in [0.2, 0.25) is 0 Å². The largest absolute Gasteiger partial charge is 0.292 e. The van der Waals surface area contributed by atoms with Crippen LogP contribution in [0, 0.1) is 17.2 Å². The lowest BCUT2D eigenvalue weighted by Gasteiger charge is -1.94. The summed E-state index contributed by atoms with van der Waals surface area (Å²) in [4.78, 5) is 23.0. The van der Waals surface area contributed by atoms with E-state index in [1.54, 1.807) is 6.07 Å². The van der Waals surface area contributed by atoms with Crippen molar-refractivity contribution in [3.63, 3.8) is 0 Å². The average Bonchev–Trinajstić information content (AvgIpc) is 2.39. The Labute approximate surface area is 84.9 Å². The topological polar surface area (TPSA) is 57.9 Å². The van der Waals surface area contributed by atoms with Crippen LogP contribution in [0.5, 0.6) is 0 Å². The van der Waals surface area contributed by atoms with Gasteiger partial charge >= 0.3 is 0 Å². The number of fused-ring (bicyclic) bond motifs is 1. The van der Waals surface area contributed by atoms with Crippen molar-refractivity contribution in [2.45, 2.75) is 0 Å². The molecule has 14 heavy (non-hydrogen) atoms. The lowest BCUT2D eigenvalue weighted by Crippen LogP contribution is -2.11. The van der Waals surface area contributed by atoms with Gasteiger partial charge in [0.1, 0.15) is 0 Å². The van der Waals surface area contributed by atoms with Gasteiger partial charge in [-0.15, -0.1) is 0 Å². The smallest absolute Gasteiger partial charge is 0.188 e. The summed E-state index contributed by atoms with van der Waals surface area (Å²) in [7, 11) is 0. The minimum atomic E-state index is -1.18. The molecule has 0 N–H and O–H groups in total. The van der Waals surface area contributed by atoms with E-state index < -0.39 is 17.5 Å². The molecule has 0 aromatic heterocycles. The Hall–Kier alpha value is -1.66. The van der Waals surface area contributed by atoms with Crippen LogP contribution in [0.4, 0.5) is 0 Å². The Morgan fingerprint density at radius 1 is 1.21 bits per heavy atom. The van der Waals surface area contributed by atoms with Crippen LogP contribution in [0.2, 0.25) is 5.02 Å². The van der Waals surface area contributed by atoms with E-state index in [1.807, 2.05) is 0 Å². The minimum absolute atomic E-state index is 0.258. The van der Waals surface area contributed by atoms with Gasteiger partial charge in [0.25, 0.3) is 0 Å². The first kappa shape index (κ1) is 8.92. The van der Waals surface area contributed by atoms with Crippen LogP contribution in [0.1, 0.15) is 20.7 Å². The average molecular weight is 206 g/mol. The van der Waals surface area contributed by atoms with Gasteiger partial charge in [0, 0.05) is 16.1 Å². The number of nitriles is 1. The molecule has 0 saturated heterocycles. The highest BCUT2D eigenvalue weighted by atomic mass is 35.5. The Bertz CT molecular complexity index is 487. The van der Waals surface area contributed by atoms with Crippen molar-refractivity contribution >= 4 is 23.2 Å². The van der Waals surface area contributed by atoms with Gasteiger partial charge < -0.3 is 0 Å². The maximum Gasteiger partial charge on any atom is 0.188 e. The number of ketones is 2. The number of hydrogen-bond donors (Lipinski definition) is 0. The zero-order chi connectivity index (χ0) is 10.3. The molecule has 1 unspecified atom stereocenters. The summed E-state index contributed by atoms with van der Waals surface area (Å²) in [6.07, 6.45) is 0. The second-order valence-corrected chi connectivity index (χ2v) is 3.42. The third-order valence-electron chi connectivity index (χ3n) is 2.17. The molecule has 0 fully saturated rings. The van der Waals surface area contributed by atoms with Crippen LogP contribution in [0.25, 0.3) is 0 Å². The highest BCUT2D eigenvalue weighted by molar-refractivity contribution is 6.33. The maximum atomic E-state index is 11.5. The van der Waals surface area contributed by atoms with Crippen molar-refractivity contribution in [1.82, 2.24) is 0 Å². The fourth-order valence-electron chi connectivity index (χ4n) is 1.48. The summed E-state index contributed by atoms with van der Waals surface area (Å²) in [6, 6.07) is 6.13. The molecular weight excluding hydrogens is 202 g/mol. The van der Waals surface area contributed by atoms with Gasteiger partial charge in [-0.3, -0.25) is 9.59 Å². The minimum Gasteiger partial charge on any atom is -0.292 e. The molecule has 0 amide bonds. The third kappa shape index (κ3) is 1.05. The van der Waals surface area contributed by atoms with E-state index in [9.17, 15) is 9.59 Å². The van der Waals surface area contributed by atoms with E-state index in [0.717, 1.165) is 0 Å². The Balaban J connectivity index is 2.66. The first-order valence-corrected chi connectivity index (χ1v) is 4.30. The van der Waals surface area contributed by atoms with Gasteiger partial charge in [-0.25, -0.2) is 0 Å². The summed E-state index contributed by atoms with van der Waals surface area (Å²) < 4.78 is 0. The third-order valence-corrected chi connectivity index (χ3v) is 2.40. The highest BCUT2D eigenvalue weighted by Gasteiger charge is 2.38. The molecule has 0 radical (unpaired) electrons. The second kappa shape index (κ2) is 2.93. The highest BCUT2D eigenvalue weighted by Crippen LogP contribution is 2.28. The SMILES string of the molecule is N#CC1C(=O)c2ccc(Cl)cc2C1=O. The second-order valence-electron chi connectivity index (χ2n) is 2.98. The molecule has 0 saturated carbocycles. The number of carbonyl (C=O) groups excluding carboxylic acids is 2. The quantitative estimate of drug-likeness (QED) is 0.608. The van der Waals surface area contributed by atoms with Gasteiger partial charge in [-0.05, 0) is 18.2 Å². The van der Waals surface area contributed by atoms with Crippen LogP contribution in [0.3, 0.4) is 0 Å². The number of carbonyl (C=O) groups is 2. The van der Waals surface area contributed by atoms with Crippen LogP contribution >= 0.6 is 11.6 Å². The van der Waals surface area contributed by atoms with E-state index in [-0.39, 0.29) is 5.56 Å². The molecule has 2 rings (SSSR count). The van der Waals surface area contributed by atoms with Crippen LogP contribution in [0.15, 0.2) is 18.2 Å². The molecule has 0 spiro atoms.